The van der Waals surface area contributed by atoms with Gasteiger partial charge in [-0.05, 0) is 24.5 Å². The van der Waals surface area contributed by atoms with Crippen LogP contribution in [-0.4, -0.2) is 79.2 Å². The van der Waals surface area contributed by atoms with Crippen molar-refractivity contribution in [2.45, 2.75) is 90.4 Å². The van der Waals surface area contributed by atoms with Crippen molar-refractivity contribution in [1.29, 1.82) is 0 Å². The van der Waals surface area contributed by atoms with Gasteiger partial charge in [-0.25, -0.2) is 4.79 Å². The van der Waals surface area contributed by atoms with Gasteiger partial charge in [0.2, 0.25) is 0 Å². The molecule has 4 rings (SSSR count). The molecule has 45 heavy (non-hydrogen) atoms. The van der Waals surface area contributed by atoms with Gasteiger partial charge in [0.25, 0.3) is 0 Å². The van der Waals surface area contributed by atoms with E-state index in [-0.39, 0.29) is 24.2 Å². The summed E-state index contributed by atoms with van der Waals surface area (Å²) in [5.74, 6) is -4.02. The third-order valence-corrected chi connectivity index (χ3v) is 6.97. The standard InChI is InChI=1S/C31H34O14/c1-15(32)38-14-24-27(40-17(3)34)28(41-18(4)35)29(42-19(5)36)31(45-24)43-21-11-12-22-23(13-21)44-30(37)25(22)26(39-16(2)33)20-9-7-6-8-10-20/h6-10,13,21,24,26-29,31H,11-12,14H2,1-5H3/t21-,24+,26?,27+,28-,29+,31+/m0/s1. The van der Waals surface area contributed by atoms with Crippen LogP contribution in [0, 0.1) is 0 Å². The maximum atomic E-state index is 13.1. The number of rotatable bonds is 10. The Morgan fingerprint density at radius 2 is 1.44 bits per heavy atom. The largest absolute Gasteiger partial charge is 0.463 e. The number of carbonyl (C=O) groups excluding carboxylic acids is 6. The van der Waals surface area contributed by atoms with Crippen molar-refractivity contribution in [2.75, 3.05) is 6.61 Å². The van der Waals surface area contributed by atoms with Crippen molar-refractivity contribution in [1.82, 2.24) is 0 Å². The first kappa shape index (κ1) is 33.3. The second kappa shape index (κ2) is 14.5. The number of ether oxygens (including phenoxy) is 8. The number of esters is 6. The zero-order valence-corrected chi connectivity index (χ0v) is 25.3. The number of hydrogen-bond donors (Lipinski definition) is 0. The molecule has 14 heteroatoms. The highest BCUT2D eigenvalue weighted by atomic mass is 16.7. The minimum absolute atomic E-state index is 0.188. The Morgan fingerprint density at radius 1 is 0.822 bits per heavy atom. The van der Waals surface area contributed by atoms with Gasteiger partial charge in [-0.1, -0.05) is 30.3 Å². The lowest BCUT2D eigenvalue weighted by Crippen LogP contribution is -2.63. The lowest BCUT2D eigenvalue weighted by molar-refractivity contribution is -0.314. The van der Waals surface area contributed by atoms with Crippen molar-refractivity contribution in [3.63, 3.8) is 0 Å². The topological polar surface area (TPSA) is 176 Å². The van der Waals surface area contributed by atoms with Crippen LogP contribution in [-0.2, 0) is 66.7 Å². The van der Waals surface area contributed by atoms with E-state index in [0.29, 0.717) is 11.1 Å². The number of allylic oxidation sites excluding steroid dienone is 1. The molecule has 1 unspecified atom stereocenters. The van der Waals surface area contributed by atoms with Crippen molar-refractivity contribution in [2.24, 2.45) is 0 Å². The fraction of sp³-hybridized carbons (Fsp3) is 0.484. The maximum Gasteiger partial charge on any atom is 0.343 e. The second-order valence-electron chi connectivity index (χ2n) is 10.5. The number of fused-ring (bicyclic) bond motifs is 1. The van der Waals surface area contributed by atoms with Crippen LogP contribution in [0.2, 0.25) is 0 Å². The third-order valence-electron chi connectivity index (χ3n) is 6.97. The van der Waals surface area contributed by atoms with Gasteiger partial charge in [0.15, 0.2) is 30.7 Å². The van der Waals surface area contributed by atoms with Crippen LogP contribution in [0.1, 0.15) is 59.1 Å². The van der Waals surface area contributed by atoms with E-state index >= 15 is 0 Å². The SMILES string of the molecule is CC(=O)OC[C@H]1O[C@@H](O[C@@H]2C=C3OC(=O)C(C(OC(C)=O)c4ccccc4)=C3CC2)[C@H](OC(C)=O)[C@@H](OC(C)=O)[C@@H]1OC(C)=O. The zero-order chi connectivity index (χ0) is 32.8. The Hall–Kier alpha value is -4.56. The quantitative estimate of drug-likeness (QED) is 0.272. The first-order valence-corrected chi connectivity index (χ1v) is 14.2. The summed E-state index contributed by atoms with van der Waals surface area (Å²) in [5.41, 5.74) is 1.31. The predicted octanol–water partition coefficient (Wildman–Crippen LogP) is 2.29. The summed E-state index contributed by atoms with van der Waals surface area (Å²) in [6, 6.07) is 8.77. The molecule has 14 nitrogen and oxygen atoms in total. The molecule has 0 bridgehead atoms. The summed E-state index contributed by atoms with van der Waals surface area (Å²) in [5, 5.41) is 0. The molecule has 1 fully saturated rings. The Morgan fingerprint density at radius 3 is 2.04 bits per heavy atom. The second-order valence-corrected chi connectivity index (χ2v) is 10.5. The third kappa shape index (κ3) is 8.34. The summed E-state index contributed by atoms with van der Waals surface area (Å²) >= 11 is 0. The highest BCUT2D eigenvalue weighted by Gasteiger charge is 2.53. The molecular formula is C31H34O14. The Kier molecular flexibility index (Phi) is 10.7. The molecule has 0 N–H and O–H groups in total. The monoisotopic (exact) mass is 630 g/mol. The fourth-order valence-electron chi connectivity index (χ4n) is 5.33. The smallest absolute Gasteiger partial charge is 0.343 e. The summed E-state index contributed by atoms with van der Waals surface area (Å²) in [4.78, 5) is 72.8. The van der Waals surface area contributed by atoms with Gasteiger partial charge < -0.3 is 37.9 Å². The summed E-state index contributed by atoms with van der Waals surface area (Å²) < 4.78 is 44.7. The van der Waals surface area contributed by atoms with E-state index in [0.717, 1.165) is 20.8 Å². The molecule has 7 atom stereocenters. The van der Waals surface area contributed by atoms with Gasteiger partial charge >= 0.3 is 35.8 Å². The van der Waals surface area contributed by atoms with Gasteiger partial charge in [0.1, 0.15) is 18.5 Å². The van der Waals surface area contributed by atoms with E-state index in [1.165, 1.54) is 19.9 Å². The van der Waals surface area contributed by atoms with E-state index in [9.17, 15) is 28.8 Å². The van der Waals surface area contributed by atoms with Crippen LogP contribution in [0.15, 0.2) is 53.3 Å². The summed E-state index contributed by atoms with van der Waals surface area (Å²) in [6.07, 6.45) is -6.40. The van der Waals surface area contributed by atoms with Crippen LogP contribution in [0.3, 0.4) is 0 Å². The minimum atomic E-state index is -1.41. The van der Waals surface area contributed by atoms with Crippen LogP contribution in [0.4, 0.5) is 0 Å². The van der Waals surface area contributed by atoms with E-state index in [1.807, 2.05) is 0 Å². The zero-order valence-electron chi connectivity index (χ0n) is 25.3. The molecule has 0 amide bonds. The summed E-state index contributed by atoms with van der Waals surface area (Å²) in [6.45, 7) is 5.37. The van der Waals surface area contributed by atoms with Crippen molar-refractivity contribution >= 4 is 35.8 Å². The van der Waals surface area contributed by atoms with E-state index in [4.69, 9.17) is 37.9 Å². The molecule has 242 valence electrons. The van der Waals surface area contributed by atoms with E-state index in [1.54, 1.807) is 30.3 Å². The van der Waals surface area contributed by atoms with Crippen LogP contribution >= 0.6 is 0 Å². The lowest BCUT2D eigenvalue weighted by atomic mass is 9.90. The van der Waals surface area contributed by atoms with Crippen molar-refractivity contribution in [3.8, 4) is 0 Å². The molecule has 0 aromatic heterocycles. The number of carbonyl (C=O) groups is 6. The molecule has 0 saturated carbocycles. The Bertz CT molecular complexity index is 1400. The Labute approximate surface area is 258 Å². The highest BCUT2D eigenvalue weighted by Crippen LogP contribution is 2.42. The molecule has 1 saturated heterocycles. The van der Waals surface area contributed by atoms with Crippen molar-refractivity contribution in [3.05, 3.63) is 58.9 Å². The Balaban J connectivity index is 1.66. The number of hydrogen-bond acceptors (Lipinski definition) is 14. The molecule has 2 heterocycles. The molecular weight excluding hydrogens is 596 g/mol. The lowest BCUT2D eigenvalue weighted by Gasteiger charge is -2.44. The van der Waals surface area contributed by atoms with Crippen LogP contribution in [0.5, 0.6) is 0 Å². The predicted molar refractivity (Wildman–Crippen MR) is 148 cm³/mol. The van der Waals surface area contributed by atoms with Crippen molar-refractivity contribution < 1.29 is 66.7 Å². The average Bonchev–Trinajstić information content (AvgIpc) is 3.28. The highest BCUT2D eigenvalue weighted by molar-refractivity contribution is 5.96. The van der Waals surface area contributed by atoms with E-state index < -0.39 is 85.3 Å². The van der Waals surface area contributed by atoms with Crippen LogP contribution < -0.4 is 0 Å². The normalized spacial score (nSPS) is 26.4. The molecule has 0 spiro atoms. The van der Waals surface area contributed by atoms with E-state index in [2.05, 4.69) is 0 Å². The van der Waals surface area contributed by atoms with Gasteiger partial charge in [-0.15, -0.1) is 0 Å². The molecule has 1 aromatic rings. The average molecular weight is 631 g/mol. The van der Waals surface area contributed by atoms with Gasteiger partial charge in [-0.3, -0.25) is 24.0 Å². The molecule has 1 aromatic carbocycles. The summed E-state index contributed by atoms with van der Waals surface area (Å²) in [7, 11) is 0. The van der Waals surface area contributed by atoms with Gasteiger partial charge in [-0.2, -0.15) is 0 Å². The van der Waals surface area contributed by atoms with Gasteiger partial charge in [0.05, 0.1) is 11.7 Å². The molecule has 0 radical (unpaired) electrons. The van der Waals surface area contributed by atoms with Crippen LogP contribution in [0.25, 0.3) is 0 Å². The first-order valence-electron chi connectivity index (χ1n) is 14.2. The molecule has 1 aliphatic carbocycles. The fourth-order valence-corrected chi connectivity index (χ4v) is 5.33. The molecule has 2 aliphatic heterocycles. The minimum Gasteiger partial charge on any atom is -0.463 e. The number of benzene rings is 1. The molecule has 3 aliphatic rings. The first-order chi connectivity index (χ1) is 21.3. The maximum absolute atomic E-state index is 13.1. The van der Waals surface area contributed by atoms with Gasteiger partial charge in [0, 0.05) is 40.2 Å².